The van der Waals surface area contributed by atoms with E-state index in [4.69, 9.17) is 0 Å². The van der Waals surface area contributed by atoms with Gasteiger partial charge in [0.1, 0.15) is 5.75 Å². The predicted molar refractivity (Wildman–Crippen MR) is 67.6 cm³/mol. The molecule has 2 nitrogen and oxygen atoms in total. The van der Waals surface area contributed by atoms with Crippen molar-refractivity contribution in [1.29, 1.82) is 0 Å². The number of phenolic OH excluding ortho intramolecular Hbond substituents is 1. The van der Waals surface area contributed by atoms with Crippen LogP contribution in [0.2, 0.25) is 0 Å². The van der Waals surface area contributed by atoms with Gasteiger partial charge < -0.3 is 5.11 Å². The molecule has 1 heterocycles. The SMILES string of the molecule is Cc1cc2c(c(C)c1O)CCC(C)(C)N=C2. The van der Waals surface area contributed by atoms with E-state index in [1.54, 1.807) is 0 Å². The Kier molecular flexibility index (Phi) is 2.53. The Morgan fingerprint density at radius 1 is 1.31 bits per heavy atom. The molecule has 1 N–H and O–H groups in total. The number of phenols is 1. The summed E-state index contributed by atoms with van der Waals surface area (Å²) in [5, 5.41) is 9.94. The molecule has 16 heavy (non-hydrogen) atoms. The summed E-state index contributed by atoms with van der Waals surface area (Å²) in [6.45, 7) is 8.23. The van der Waals surface area contributed by atoms with Gasteiger partial charge >= 0.3 is 0 Å². The number of hydrogen-bond acceptors (Lipinski definition) is 2. The van der Waals surface area contributed by atoms with Gasteiger partial charge in [-0.3, -0.25) is 4.99 Å². The van der Waals surface area contributed by atoms with E-state index in [0.717, 1.165) is 24.0 Å². The van der Waals surface area contributed by atoms with Crippen molar-refractivity contribution in [2.24, 2.45) is 4.99 Å². The number of benzene rings is 1. The number of fused-ring (bicyclic) bond motifs is 1. The van der Waals surface area contributed by atoms with Crippen LogP contribution in [0.15, 0.2) is 11.1 Å². The lowest BCUT2D eigenvalue weighted by Gasteiger charge is -2.17. The van der Waals surface area contributed by atoms with Gasteiger partial charge in [0, 0.05) is 6.21 Å². The summed E-state index contributed by atoms with van der Waals surface area (Å²) in [6, 6.07) is 2.03. The Morgan fingerprint density at radius 3 is 2.69 bits per heavy atom. The lowest BCUT2D eigenvalue weighted by atomic mass is 9.92. The van der Waals surface area contributed by atoms with Crippen molar-refractivity contribution in [2.75, 3.05) is 0 Å². The first-order valence-electron chi connectivity index (χ1n) is 5.78. The summed E-state index contributed by atoms with van der Waals surface area (Å²) < 4.78 is 0. The van der Waals surface area contributed by atoms with Crippen LogP contribution in [-0.2, 0) is 6.42 Å². The molecule has 0 saturated carbocycles. The lowest BCUT2D eigenvalue weighted by molar-refractivity contribution is 0.462. The van der Waals surface area contributed by atoms with Crippen LogP contribution >= 0.6 is 0 Å². The van der Waals surface area contributed by atoms with Crippen molar-refractivity contribution in [1.82, 2.24) is 0 Å². The lowest BCUT2D eigenvalue weighted by Crippen LogP contribution is -2.16. The van der Waals surface area contributed by atoms with Crippen LogP contribution in [0, 0.1) is 13.8 Å². The minimum absolute atomic E-state index is 0.00891. The monoisotopic (exact) mass is 217 g/mol. The second kappa shape index (κ2) is 3.62. The van der Waals surface area contributed by atoms with Crippen LogP contribution in [0.25, 0.3) is 0 Å². The Balaban J connectivity index is 2.57. The highest BCUT2D eigenvalue weighted by molar-refractivity contribution is 5.84. The summed E-state index contributed by atoms with van der Waals surface area (Å²) in [5.74, 6) is 0.437. The van der Waals surface area contributed by atoms with Crippen LogP contribution in [0.5, 0.6) is 5.75 Å². The minimum atomic E-state index is 0.00891. The van der Waals surface area contributed by atoms with E-state index < -0.39 is 0 Å². The molecule has 0 aliphatic carbocycles. The normalized spacial score (nSPS) is 18.0. The Hall–Kier alpha value is -1.31. The van der Waals surface area contributed by atoms with Crippen molar-refractivity contribution >= 4 is 6.21 Å². The van der Waals surface area contributed by atoms with E-state index >= 15 is 0 Å². The fourth-order valence-electron chi connectivity index (χ4n) is 2.23. The largest absolute Gasteiger partial charge is 0.507 e. The molecule has 1 aliphatic rings. The molecule has 0 amide bonds. The molecule has 1 aliphatic heterocycles. The molecule has 0 radical (unpaired) electrons. The zero-order valence-electron chi connectivity index (χ0n) is 10.5. The summed E-state index contributed by atoms with van der Waals surface area (Å²) in [4.78, 5) is 4.60. The summed E-state index contributed by atoms with van der Waals surface area (Å²) in [6.07, 6.45) is 3.98. The molecule has 0 fully saturated rings. The van der Waals surface area contributed by atoms with Gasteiger partial charge in [0.25, 0.3) is 0 Å². The van der Waals surface area contributed by atoms with Gasteiger partial charge in [-0.05, 0) is 68.9 Å². The van der Waals surface area contributed by atoms with E-state index in [9.17, 15) is 5.11 Å². The smallest absolute Gasteiger partial charge is 0.121 e. The molecular formula is C14H19NO. The van der Waals surface area contributed by atoms with E-state index in [2.05, 4.69) is 18.8 Å². The average Bonchev–Trinajstić information content (AvgIpc) is 2.35. The van der Waals surface area contributed by atoms with E-state index in [-0.39, 0.29) is 5.54 Å². The van der Waals surface area contributed by atoms with E-state index in [1.807, 2.05) is 26.1 Å². The average molecular weight is 217 g/mol. The number of nitrogens with zero attached hydrogens (tertiary/aromatic N) is 1. The van der Waals surface area contributed by atoms with Gasteiger partial charge in [0.05, 0.1) is 5.54 Å². The molecule has 0 aromatic heterocycles. The fraction of sp³-hybridized carbons (Fsp3) is 0.500. The molecule has 0 bridgehead atoms. The molecule has 0 atom stereocenters. The van der Waals surface area contributed by atoms with Gasteiger partial charge in [0.2, 0.25) is 0 Å². The highest BCUT2D eigenvalue weighted by Gasteiger charge is 2.21. The maximum atomic E-state index is 9.94. The van der Waals surface area contributed by atoms with Crippen molar-refractivity contribution in [3.8, 4) is 5.75 Å². The van der Waals surface area contributed by atoms with E-state index in [0.29, 0.717) is 5.75 Å². The second-order valence-corrected chi connectivity index (χ2v) is 5.31. The highest BCUT2D eigenvalue weighted by Crippen LogP contribution is 2.31. The van der Waals surface area contributed by atoms with Crippen LogP contribution in [0.4, 0.5) is 0 Å². The van der Waals surface area contributed by atoms with Gasteiger partial charge in [0.15, 0.2) is 0 Å². The third-order valence-electron chi connectivity index (χ3n) is 3.44. The molecular weight excluding hydrogens is 198 g/mol. The quantitative estimate of drug-likeness (QED) is 0.711. The fourth-order valence-corrected chi connectivity index (χ4v) is 2.23. The van der Waals surface area contributed by atoms with Crippen LogP contribution in [0.1, 0.15) is 42.5 Å². The van der Waals surface area contributed by atoms with Gasteiger partial charge in [-0.1, -0.05) is 0 Å². The third kappa shape index (κ3) is 1.84. The molecule has 1 aromatic carbocycles. The van der Waals surface area contributed by atoms with Gasteiger partial charge in [-0.15, -0.1) is 0 Å². The summed E-state index contributed by atoms with van der Waals surface area (Å²) in [7, 11) is 0. The topological polar surface area (TPSA) is 32.6 Å². The van der Waals surface area contributed by atoms with E-state index in [1.165, 1.54) is 11.1 Å². The molecule has 2 heteroatoms. The first-order chi connectivity index (χ1) is 7.41. The summed E-state index contributed by atoms with van der Waals surface area (Å²) in [5.41, 5.74) is 4.37. The number of aryl methyl sites for hydroxylation is 1. The molecule has 1 aromatic rings. The van der Waals surface area contributed by atoms with Crippen molar-refractivity contribution < 1.29 is 5.11 Å². The van der Waals surface area contributed by atoms with Crippen LogP contribution in [0.3, 0.4) is 0 Å². The number of aromatic hydroxyl groups is 1. The van der Waals surface area contributed by atoms with Crippen molar-refractivity contribution in [3.05, 3.63) is 28.3 Å². The maximum Gasteiger partial charge on any atom is 0.121 e. The number of hydrogen-bond donors (Lipinski definition) is 1. The minimum Gasteiger partial charge on any atom is -0.507 e. The third-order valence-corrected chi connectivity index (χ3v) is 3.44. The first kappa shape index (κ1) is 11.2. The zero-order chi connectivity index (χ0) is 11.9. The Morgan fingerprint density at radius 2 is 2.00 bits per heavy atom. The van der Waals surface area contributed by atoms with Gasteiger partial charge in [-0.2, -0.15) is 0 Å². The molecule has 0 spiro atoms. The predicted octanol–water partition coefficient (Wildman–Crippen LogP) is 3.15. The van der Waals surface area contributed by atoms with Crippen molar-refractivity contribution in [2.45, 2.75) is 46.1 Å². The standard InChI is InChI=1S/C14H19NO/c1-9-7-11-8-15-14(3,4)6-5-12(11)10(2)13(9)16/h7-8,16H,5-6H2,1-4H3. The number of aliphatic imine (C=N–C) groups is 1. The van der Waals surface area contributed by atoms with Crippen LogP contribution < -0.4 is 0 Å². The zero-order valence-corrected chi connectivity index (χ0v) is 10.5. The molecule has 0 unspecified atom stereocenters. The second-order valence-electron chi connectivity index (χ2n) is 5.31. The maximum absolute atomic E-state index is 9.94. The number of rotatable bonds is 0. The molecule has 2 rings (SSSR count). The Bertz CT molecular complexity index is 458. The molecule has 86 valence electrons. The molecule has 0 saturated heterocycles. The summed E-state index contributed by atoms with van der Waals surface area (Å²) >= 11 is 0. The van der Waals surface area contributed by atoms with Crippen molar-refractivity contribution in [3.63, 3.8) is 0 Å². The van der Waals surface area contributed by atoms with Gasteiger partial charge in [-0.25, -0.2) is 0 Å². The Labute approximate surface area is 97.0 Å². The first-order valence-corrected chi connectivity index (χ1v) is 5.78. The van der Waals surface area contributed by atoms with Crippen LogP contribution in [-0.4, -0.2) is 16.9 Å². The highest BCUT2D eigenvalue weighted by atomic mass is 16.3.